The van der Waals surface area contributed by atoms with Crippen LogP contribution in [0.25, 0.3) is 0 Å². The molecule has 18 heavy (non-hydrogen) atoms. The van der Waals surface area contributed by atoms with Crippen molar-refractivity contribution in [3.63, 3.8) is 0 Å². The Kier molecular flexibility index (Phi) is 5.24. The molecule has 0 spiro atoms. The highest BCUT2D eigenvalue weighted by Crippen LogP contribution is 2.25. The molecule has 1 aromatic heterocycles. The summed E-state index contributed by atoms with van der Waals surface area (Å²) in [5.41, 5.74) is 5.86. The number of carboxylic acid groups (broad SMARTS) is 1. The van der Waals surface area contributed by atoms with E-state index in [1.54, 1.807) is 13.8 Å². The van der Waals surface area contributed by atoms with Gasteiger partial charge in [-0.1, -0.05) is 6.92 Å². The van der Waals surface area contributed by atoms with E-state index >= 15 is 0 Å². The summed E-state index contributed by atoms with van der Waals surface area (Å²) in [6, 6.07) is 0. The minimum Gasteiger partial charge on any atom is -0.478 e. The molecule has 1 aromatic rings. The zero-order valence-corrected chi connectivity index (χ0v) is 11.2. The predicted molar refractivity (Wildman–Crippen MR) is 69.9 cm³/mol. The smallest absolute Gasteiger partial charge is 0.340 e. The van der Waals surface area contributed by atoms with Crippen molar-refractivity contribution < 1.29 is 14.7 Å². The lowest BCUT2D eigenvalue weighted by atomic mass is 10.1. The van der Waals surface area contributed by atoms with Gasteiger partial charge >= 0.3 is 5.97 Å². The van der Waals surface area contributed by atoms with Crippen molar-refractivity contribution >= 4 is 28.4 Å². The van der Waals surface area contributed by atoms with E-state index < -0.39 is 5.97 Å². The molecule has 0 saturated carbocycles. The van der Waals surface area contributed by atoms with Crippen molar-refractivity contribution in [1.29, 1.82) is 0 Å². The minimum atomic E-state index is -1.08. The van der Waals surface area contributed by atoms with Crippen molar-refractivity contribution in [3.05, 3.63) is 11.3 Å². The molecule has 0 fully saturated rings. The van der Waals surface area contributed by atoms with Crippen LogP contribution in [-0.4, -0.2) is 27.9 Å². The lowest BCUT2D eigenvalue weighted by Gasteiger charge is -2.10. The van der Waals surface area contributed by atoms with E-state index in [1.165, 1.54) is 0 Å². The van der Waals surface area contributed by atoms with Gasteiger partial charge in [-0.05, 0) is 37.8 Å². The van der Waals surface area contributed by atoms with Gasteiger partial charge in [0.1, 0.15) is 10.6 Å². The van der Waals surface area contributed by atoms with Crippen molar-refractivity contribution in [2.75, 3.05) is 11.9 Å². The molecule has 0 aliphatic heterocycles. The van der Waals surface area contributed by atoms with Crippen LogP contribution in [0.2, 0.25) is 0 Å². The number of rotatable bonds is 6. The maximum Gasteiger partial charge on any atom is 0.340 e. The second-order valence-electron chi connectivity index (χ2n) is 4.10. The number of carbonyl (C=O) groups excluding carboxylic acids is 1. The van der Waals surface area contributed by atoms with Gasteiger partial charge in [-0.15, -0.1) is 0 Å². The predicted octanol–water partition coefficient (Wildman–Crippen LogP) is 1.46. The first-order valence-corrected chi connectivity index (χ1v) is 6.45. The lowest BCUT2D eigenvalue weighted by Crippen LogP contribution is -2.21. The van der Waals surface area contributed by atoms with E-state index in [9.17, 15) is 9.59 Å². The molecule has 0 bridgehead atoms. The van der Waals surface area contributed by atoms with Crippen LogP contribution in [0.3, 0.4) is 0 Å². The maximum absolute atomic E-state index is 11.8. The first-order valence-electron chi connectivity index (χ1n) is 5.67. The van der Waals surface area contributed by atoms with Crippen LogP contribution >= 0.6 is 11.5 Å². The molecule has 0 aromatic carbocycles. The number of nitrogens with two attached hydrogens (primary N) is 1. The molecule has 1 amide bonds. The third-order valence-corrected chi connectivity index (χ3v) is 3.46. The molecule has 0 aliphatic carbocycles. The number of carboxylic acids is 1. The van der Waals surface area contributed by atoms with Crippen LogP contribution in [0.15, 0.2) is 0 Å². The fourth-order valence-electron chi connectivity index (χ4n) is 1.50. The molecule has 100 valence electrons. The van der Waals surface area contributed by atoms with Crippen LogP contribution in [0.1, 0.15) is 35.8 Å². The summed E-state index contributed by atoms with van der Waals surface area (Å²) < 4.78 is 3.94. The number of aromatic nitrogens is 1. The van der Waals surface area contributed by atoms with Crippen molar-refractivity contribution in [3.8, 4) is 0 Å². The number of hydrogen-bond acceptors (Lipinski definition) is 5. The Morgan fingerprint density at radius 3 is 2.78 bits per heavy atom. The summed E-state index contributed by atoms with van der Waals surface area (Å²) in [5, 5.41) is 11.9. The van der Waals surface area contributed by atoms with Crippen molar-refractivity contribution in [2.45, 2.75) is 26.7 Å². The molecule has 1 unspecified atom stereocenters. The van der Waals surface area contributed by atoms with Crippen molar-refractivity contribution in [2.24, 2.45) is 11.7 Å². The average molecular weight is 271 g/mol. The van der Waals surface area contributed by atoms with Crippen LogP contribution in [0.4, 0.5) is 5.00 Å². The second-order valence-corrected chi connectivity index (χ2v) is 4.87. The van der Waals surface area contributed by atoms with Gasteiger partial charge in [0.2, 0.25) is 5.91 Å². The van der Waals surface area contributed by atoms with Crippen molar-refractivity contribution in [1.82, 2.24) is 4.37 Å². The molecular formula is C11H17N3O3S. The highest BCUT2D eigenvalue weighted by atomic mass is 32.1. The lowest BCUT2D eigenvalue weighted by molar-refractivity contribution is -0.119. The monoisotopic (exact) mass is 271 g/mol. The van der Waals surface area contributed by atoms with Gasteiger partial charge in [0.25, 0.3) is 0 Å². The average Bonchev–Trinajstić information content (AvgIpc) is 2.67. The molecule has 0 saturated heterocycles. The van der Waals surface area contributed by atoms with Gasteiger partial charge in [-0.3, -0.25) is 4.79 Å². The summed E-state index contributed by atoms with van der Waals surface area (Å²) in [4.78, 5) is 22.9. The normalized spacial score (nSPS) is 12.2. The third-order valence-electron chi connectivity index (χ3n) is 2.60. The van der Waals surface area contributed by atoms with E-state index in [-0.39, 0.29) is 17.4 Å². The number of aromatic carboxylic acids is 1. The molecule has 1 heterocycles. The Morgan fingerprint density at radius 1 is 1.56 bits per heavy atom. The van der Waals surface area contributed by atoms with Crippen LogP contribution in [0.5, 0.6) is 0 Å². The summed E-state index contributed by atoms with van der Waals surface area (Å²) >= 11 is 0.987. The number of aryl methyl sites for hydroxylation is 1. The topological polar surface area (TPSA) is 105 Å². The van der Waals surface area contributed by atoms with E-state index in [2.05, 4.69) is 9.69 Å². The van der Waals surface area contributed by atoms with Gasteiger partial charge in [0, 0.05) is 5.92 Å². The summed E-state index contributed by atoms with van der Waals surface area (Å²) in [7, 11) is 0. The second kappa shape index (κ2) is 6.46. The van der Waals surface area contributed by atoms with Gasteiger partial charge < -0.3 is 16.2 Å². The van der Waals surface area contributed by atoms with Gasteiger partial charge in [-0.2, -0.15) is 4.37 Å². The SMILES string of the molecule is Cc1nsc(NC(=O)C(C)CCCN)c1C(=O)O. The number of carbonyl (C=O) groups is 2. The Hall–Kier alpha value is -1.47. The molecule has 4 N–H and O–H groups in total. The minimum absolute atomic E-state index is 0.0689. The van der Waals surface area contributed by atoms with E-state index in [1.807, 2.05) is 0 Å². The number of hydrogen-bond donors (Lipinski definition) is 3. The fraction of sp³-hybridized carbons (Fsp3) is 0.545. The largest absolute Gasteiger partial charge is 0.478 e. The molecule has 0 radical (unpaired) electrons. The third kappa shape index (κ3) is 3.51. The Balaban J connectivity index is 2.73. The first kappa shape index (κ1) is 14.6. The van der Waals surface area contributed by atoms with Gasteiger partial charge in [0.05, 0.1) is 5.69 Å². The number of anilines is 1. The summed E-state index contributed by atoms with van der Waals surface area (Å²) in [6.07, 6.45) is 1.45. The zero-order chi connectivity index (χ0) is 13.7. The molecule has 0 aliphatic rings. The van der Waals surface area contributed by atoms with E-state index in [4.69, 9.17) is 10.8 Å². The number of amides is 1. The fourth-order valence-corrected chi connectivity index (χ4v) is 2.29. The quantitative estimate of drug-likeness (QED) is 0.726. The van der Waals surface area contributed by atoms with E-state index in [0.717, 1.165) is 18.0 Å². The van der Waals surface area contributed by atoms with Crippen LogP contribution in [-0.2, 0) is 4.79 Å². The number of nitrogens with zero attached hydrogens (tertiary/aromatic N) is 1. The highest BCUT2D eigenvalue weighted by Gasteiger charge is 2.21. The summed E-state index contributed by atoms with van der Waals surface area (Å²) in [6.45, 7) is 3.93. The van der Waals surface area contributed by atoms with Gasteiger partial charge in [0.15, 0.2) is 0 Å². The summed E-state index contributed by atoms with van der Waals surface area (Å²) in [5.74, 6) is -1.47. The molecular weight excluding hydrogens is 254 g/mol. The first-order chi connectivity index (χ1) is 8.47. The number of nitrogens with one attached hydrogen (secondary N) is 1. The Morgan fingerprint density at radius 2 is 2.22 bits per heavy atom. The standard InChI is InChI=1S/C11H17N3O3S/c1-6(4-3-5-12)9(15)13-10-8(11(16)17)7(2)14-18-10/h6H,3-5,12H2,1-2H3,(H,13,15)(H,16,17). The van der Waals surface area contributed by atoms with Crippen LogP contribution in [0, 0.1) is 12.8 Å². The van der Waals surface area contributed by atoms with E-state index in [0.29, 0.717) is 23.7 Å². The molecule has 1 atom stereocenters. The van der Waals surface area contributed by atoms with Crippen LogP contribution < -0.4 is 11.1 Å². The maximum atomic E-state index is 11.8. The zero-order valence-electron chi connectivity index (χ0n) is 10.4. The highest BCUT2D eigenvalue weighted by molar-refractivity contribution is 7.11. The molecule has 6 nitrogen and oxygen atoms in total. The molecule has 1 rings (SSSR count). The molecule has 7 heteroatoms. The van der Waals surface area contributed by atoms with Gasteiger partial charge in [-0.25, -0.2) is 4.79 Å². The Bertz CT molecular complexity index is 445. The Labute approximate surface area is 109 Å².